The van der Waals surface area contributed by atoms with Crippen molar-refractivity contribution in [2.75, 3.05) is 29.2 Å². The molecule has 102 heavy (non-hydrogen) atoms. The summed E-state index contributed by atoms with van der Waals surface area (Å²) in [6, 6.07) is 73.7. The molecule has 0 aliphatic carbocycles. The minimum atomic E-state index is -0.562. The van der Waals surface area contributed by atoms with Crippen LogP contribution in [0.25, 0.3) is 60.3 Å². The molecule has 0 radical (unpaired) electrons. The van der Waals surface area contributed by atoms with Crippen molar-refractivity contribution < 1.29 is 38.1 Å². The molecular formula is C84H93ClN9O8+. The summed E-state index contributed by atoms with van der Waals surface area (Å²) in [7, 11) is 3.88. The maximum absolute atomic E-state index is 12.3. The molecule has 5 aromatic heterocycles. The Balaban J connectivity index is 0.000000231. The van der Waals surface area contributed by atoms with Gasteiger partial charge in [-0.25, -0.2) is 4.58 Å². The third-order valence-electron chi connectivity index (χ3n) is 14.6. The summed E-state index contributed by atoms with van der Waals surface area (Å²) >= 11 is 6.68. The van der Waals surface area contributed by atoms with Gasteiger partial charge in [0.1, 0.15) is 19.3 Å². The topological polar surface area (TPSA) is 186 Å². The number of aromatic nitrogens is 5. The number of carbonyl (C=O) groups excluding carboxylic acids is 6. The van der Waals surface area contributed by atoms with Crippen LogP contribution in [-0.2, 0) is 19.1 Å². The highest BCUT2D eigenvalue weighted by Crippen LogP contribution is 2.39. The number of esters is 2. The first-order valence-electron chi connectivity index (χ1n) is 33.9. The third-order valence-corrected chi connectivity index (χ3v) is 14.9. The summed E-state index contributed by atoms with van der Waals surface area (Å²) in [4.78, 5) is 86.7. The average Bonchev–Trinajstić information content (AvgIpc) is 1.59. The van der Waals surface area contributed by atoms with E-state index in [1.807, 2.05) is 328 Å². The zero-order valence-electron chi connectivity index (χ0n) is 61.1. The lowest BCUT2D eigenvalue weighted by atomic mass is 10.2. The molecule has 5 heterocycles. The largest absolute Gasteiger partial charge is 0.394 e. The van der Waals surface area contributed by atoms with Crippen molar-refractivity contribution in [2.24, 2.45) is 0 Å². The van der Waals surface area contributed by atoms with E-state index in [9.17, 15) is 33.6 Å². The smallest absolute Gasteiger partial charge is 0.310 e. The van der Waals surface area contributed by atoms with Crippen LogP contribution in [0.5, 0.6) is 0 Å². The molecule has 18 heteroatoms. The first kappa shape index (κ1) is 80.7. The maximum atomic E-state index is 12.3. The second kappa shape index (κ2) is 40.8. The van der Waals surface area contributed by atoms with Gasteiger partial charge in [0.2, 0.25) is 23.6 Å². The van der Waals surface area contributed by atoms with Crippen LogP contribution >= 0.6 is 11.6 Å². The molecule has 8 aromatic carbocycles. The monoisotopic (exact) mass is 1390 g/mol. The predicted molar refractivity (Wildman–Crippen MR) is 424 cm³/mol. The molecule has 0 bridgehead atoms. The van der Waals surface area contributed by atoms with Gasteiger partial charge >= 0.3 is 11.9 Å². The summed E-state index contributed by atoms with van der Waals surface area (Å²) in [5, 5.41) is 7.82. The number of nitrogens with one attached hydrogen (secondary N) is 2. The third kappa shape index (κ3) is 21.0. The second-order valence-corrected chi connectivity index (χ2v) is 22.0. The van der Waals surface area contributed by atoms with E-state index in [2.05, 4.69) is 15.0 Å². The van der Waals surface area contributed by atoms with Crippen LogP contribution in [0, 0.1) is 0 Å². The molecule has 1 amide bonds. The number of rotatable bonds is 9. The number of aromatic amines is 1. The number of fused-ring (bicyclic) bond motifs is 6. The lowest BCUT2D eigenvalue weighted by Crippen LogP contribution is -2.22. The molecule has 0 saturated carbocycles. The highest BCUT2D eigenvalue weighted by molar-refractivity contribution is 6.33. The number of allylic oxidation sites excluding steroid dienone is 1. The summed E-state index contributed by atoms with van der Waals surface area (Å²) in [6.07, 6.45) is 9.14. The van der Waals surface area contributed by atoms with E-state index in [0.29, 0.717) is 10.8 Å². The fraction of sp³-hybridized carbons (Fsp3) is 0.190. The van der Waals surface area contributed by atoms with E-state index in [4.69, 9.17) is 11.6 Å². The molecule has 0 fully saturated rings. The van der Waals surface area contributed by atoms with Gasteiger partial charge in [-0.2, -0.15) is 0 Å². The Labute approximate surface area is 602 Å². The Morgan fingerprint density at radius 2 is 0.824 bits per heavy atom. The number of amides is 1. The highest BCUT2D eigenvalue weighted by Gasteiger charge is 2.23. The van der Waals surface area contributed by atoms with Crippen LogP contribution in [0.15, 0.2) is 265 Å². The summed E-state index contributed by atoms with van der Waals surface area (Å²) in [5.74, 6) is -1.34. The molecule has 0 aliphatic heterocycles. The van der Waals surface area contributed by atoms with E-state index < -0.39 is 11.9 Å². The van der Waals surface area contributed by atoms with Gasteiger partial charge in [0, 0.05) is 122 Å². The number of nitrogens with zero attached hydrogens (tertiary/aromatic N) is 7. The Morgan fingerprint density at radius 1 is 0.441 bits per heavy atom. The zero-order chi connectivity index (χ0) is 75.0. The van der Waals surface area contributed by atoms with E-state index in [0.717, 1.165) is 88.8 Å². The van der Waals surface area contributed by atoms with E-state index in [1.165, 1.54) is 27.7 Å². The van der Waals surface area contributed by atoms with Crippen LogP contribution in [-0.4, -0.2) is 83.7 Å². The molecule has 0 unspecified atom stereocenters. The second-order valence-electron chi connectivity index (χ2n) is 21.6. The number of ether oxygens (including phenoxy) is 1. The van der Waals surface area contributed by atoms with Gasteiger partial charge in [-0.3, -0.25) is 61.6 Å². The lowest BCUT2D eigenvalue weighted by Gasteiger charge is -2.23. The predicted octanol–water partition coefficient (Wildman–Crippen LogP) is 20.6. The molecule has 0 atom stereocenters. The number of halogens is 1. The standard InChI is InChI=1S/C21H21ClN3O.C18H16N2O2.C17H12N2O.C16H14N2O.C4H6O3.4C2H6/c1-16(26)24-15-20(18-11-7-8-12-19(18)24)25(17-9-5-4-6-10-17)21(22)13-14-23(2)3;1-13(21)19-12-18(16-10-6-7-11-17(16)19)20(14(2)22)15-8-4-3-5-9-15;20-16-11-10-15-17(13-8-4-5-9-14(13)18-15)19(16)12-6-2-1-3-7-12;1-12(19)18-11-15(14-9-5-6-10-16(14)18)17-13-7-3-2-4-8-13;1-3(5)7-4(2)6;4*1-2/h4-15H,1-3H3;3-12H,1-2H3;1-11,18H;2-11,17H,1H3;1-2H3;4*1-2H3/q+1;;;;;;;;. The van der Waals surface area contributed by atoms with Crippen LogP contribution in [0.2, 0.25) is 0 Å². The SMILES string of the molecule is CC.CC.CC.CC.CC(=O)N(c1ccccc1)c1cn(C(C)=O)c2ccccc12.CC(=O)OC(C)=O.CC(=O)n1cc(N(/C(Cl)=C/C=[N+](C)C)c2ccccc2)c2ccccc21.CC(=O)n1cc(Nc2ccccc2)c2ccccc21.O=c1ccc2[nH]c3ccccc3c2n1-c1ccccc1. The average molecular weight is 1390 g/mol. The van der Waals surface area contributed by atoms with Crippen molar-refractivity contribution in [3.05, 3.63) is 271 Å². The van der Waals surface area contributed by atoms with Gasteiger partial charge in [-0.05, 0) is 78.9 Å². The number of anilines is 6. The van der Waals surface area contributed by atoms with Crippen LogP contribution in [0.3, 0.4) is 0 Å². The summed E-state index contributed by atoms with van der Waals surface area (Å²) < 4.78 is 12.5. The van der Waals surface area contributed by atoms with Gasteiger partial charge in [0.05, 0.1) is 44.6 Å². The van der Waals surface area contributed by atoms with Gasteiger partial charge in [-0.1, -0.05) is 213 Å². The number of hydrogen-bond donors (Lipinski definition) is 2. The minimum Gasteiger partial charge on any atom is -0.394 e. The van der Waals surface area contributed by atoms with Gasteiger partial charge in [0.25, 0.3) is 5.56 Å². The fourth-order valence-corrected chi connectivity index (χ4v) is 10.9. The first-order valence-corrected chi connectivity index (χ1v) is 34.3. The van der Waals surface area contributed by atoms with E-state index in [1.54, 1.807) is 49.3 Å². The molecule has 0 saturated heterocycles. The molecule has 528 valence electrons. The van der Waals surface area contributed by atoms with Crippen molar-refractivity contribution in [1.29, 1.82) is 0 Å². The normalized spacial score (nSPS) is 10.1. The Hall–Kier alpha value is -12.0. The maximum Gasteiger partial charge on any atom is 0.310 e. The number of para-hydroxylation sites is 8. The quantitative estimate of drug-likeness (QED) is 0.0463. The molecule has 13 rings (SSSR count). The summed E-state index contributed by atoms with van der Waals surface area (Å²) in [5.41, 5.74) is 11.6. The van der Waals surface area contributed by atoms with Crippen LogP contribution < -0.4 is 20.7 Å². The fourth-order valence-electron chi connectivity index (χ4n) is 10.6. The van der Waals surface area contributed by atoms with Crippen molar-refractivity contribution in [1.82, 2.24) is 23.3 Å². The van der Waals surface area contributed by atoms with Crippen molar-refractivity contribution in [3.8, 4) is 5.69 Å². The van der Waals surface area contributed by atoms with Crippen molar-refractivity contribution in [3.63, 3.8) is 0 Å². The van der Waals surface area contributed by atoms with E-state index >= 15 is 0 Å². The number of carbonyl (C=O) groups is 6. The zero-order valence-corrected chi connectivity index (χ0v) is 61.9. The van der Waals surface area contributed by atoms with Crippen LogP contribution in [0.4, 0.5) is 34.1 Å². The lowest BCUT2D eigenvalue weighted by molar-refractivity contribution is -0.458. The number of pyridine rings is 1. The molecule has 0 aliphatic rings. The molecule has 2 N–H and O–H groups in total. The highest BCUT2D eigenvalue weighted by atomic mass is 35.5. The number of benzene rings is 8. The van der Waals surface area contributed by atoms with Crippen molar-refractivity contribution in [2.45, 2.75) is 96.9 Å². The van der Waals surface area contributed by atoms with E-state index in [-0.39, 0.29) is 29.2 Å². The Kier molecular flexibility index (Phi) is 32.3. The van der Waals surface area contributed by atoms with Gasteiger partial charge in [-0.15, -0.1) is 0 Å². The number of hydrogen-bond acceptors (Lipinski definition) is 10. The summed E-state index contributed by atoms with van der Waals surface area (Å²) in [6.45, 7) is 24.5. The Morgan fingerprint density at radius 3 is 1.26 bits per heavy atom. The molecule has 13 aromatic rings. The number of H-pyrrole nitrogens is 1. The van der Waals surface area contributed by atoms with Gasteiger partial charge < -0.3 is 15.0 Å². The molecule has 17 nitrogen and oxygen atoms in total. The van der Waals surface area contributed by atoms with Crippen molar-refractivity contribution >= 4 is 142 Å². The molecule has 0 spiro atoms. The minimum absolute atomic E-state index is 0.0114. The van der Waals surface area contributed by atoms with Crippen LogP contribution in [0.1, 0.15) is 111 Å². The first-order chi connectivity index (χ1) is 49.3. The van der Waals surface area contributed by atoms with Gasteiger partial charge in [0.15, 0.2) is 6.21 Å². The Bertz CT molecular complexity index is 4990. The molecular weight excluding hydrogens is 1300 g/mol.